The quantitative estimate of drug-likeness (QED) is 0.270. The molecule has 0 spiro atoms. The van der Waals surface area contributed by atoms with Crippen LogP contribution in [0.4, 0.5) is 0 Å². The molecule has 6 heteroatoms. The monoisotopic (exact) mass is 477 g/mol. The number of carbonyl (C=O) groups is 1. The number of amides is 1. The zero-order chi connectivity index (χ0) is 24.2. The summed E-state index contributed by atoms with van der Waals surface area (Å²) in [4.78, 5) is 13.1. The first kappa shape index (κ1) is 23.7. The number of nitrogens with one attached hydrogen (secondary N) is 1. The molecule has 0 unspecified atom stereocenters. The summed E-state index contributed by atoms with van der Waals surface area (Å²) in [5, 5.41) is 13.2. The highest BCUT2D eigenvalue weighted by Crippen LogP contribution is 2.36. The summed E-state index contributed by atoms with van der Waals surface area (Å²) in [7, 11) is 0. The predicted molar refractivity (Wildman–Crippen MR) is 135 cm³/mol. The van der Waals surface area contributed by atoms with Gasteiger partial charge in [0, 0.05) is 17.0 Å². The van der Waals surface area contributed by atoms with E-state index in [9.17, 15) is 9.90 Å². The third kappa shape index (κ3) is 5.20. The fourth-order valence-electron chi connectivity index (χ4n) is 4.26. The number of ether oxygens (including phenoxy) is 1. The Balaban J connectivity index is 1.42. The van der Waals surface area contributed by atoms with Crippen LogP contribution in [0.25, 0.3) is 11.3 Å². The Labute approximate surface area is 204 Å². The van der Waals surface area contributed by atoms with E-state index in [1.54, 1.807) is 12.1 Å². The summed E-state index contributed by atoms with van der Waals surface area (Å²) in [6, 6.07) is 15.4. The van der Waals surface area contributed by atoms with Gasteiger partial charge in [-0.1, -0.05) is 42.4 Å². The van der Waals surface area contributed by atoms with Crippen molar-refractivity contribution in [3.8, 4) is 5.75 Å². The van der Waals surface area contributed by atoms with Crippen molar-refractivity contribution in [3.63, 3.8) is 0 Å². The van der Waals surface area contributed by atoms with E-state index in [4.69, 9.17) is 20.8 Å². The molecule has 34 heavy (non-hydrogen) atoms. The van der Waals surface area contributed by atoms with Gasteiger partial charge < -0.3 is 19.6 Å². The second kappa shape index (κ2) is 10.2. The Morgan fingerprint density at radius 2 is 1.91 bits per heavy atom. The fourth-order valence-corrected chi connectivity index (χ4v) is 4.37. The van der Waals surface area contributed by atoms with E-state index in [0.29, 0.717) is 24.5 Å². The van der Waals surface area contributed by atoms with Gasteiger partial charge in [-0.15, -0.1) is 0 Å². The number of fused-ring (bicyclic) bond motifs is 1. The van der Waals surface area contributed by atoms with E-state index >= 15 is 0 Å². The molecule has 1 aliphatic carbocycles. The van der Waals surface area contributed by atoms with Crippen LogP contribution in [0.15, 0.2) is 65.1 Å². The number of hydrogen-bond donors (Lipinski definition) is 2. The van der Waals surface area contributed by atoms with Gasteiger partial charge in [0.05, 0.1) is 13.2 Å². The Morgan fingerprint density at radius 1 is 1.18 bits per heavy atom. The summed E-state index contributed by atoms with van der Waals surface area (Å²) in [5.41, 5.74) is 6.11. The zero-order valence-electron chi connectivity index (χ0n) is 19.4. The standard InChI is InChI=1S/C28H28ClNO4/c1-17-13-22(14-18(2)27(17)29)33-12-6-9-24-23-8-5-4-7-20(23)15-25(24)28(32)30-16-21-10-11-26(34-21)19(3)31/h4-5,7-8,10-11,13-14,31H,3,6,9,12,15-16H2,1-2H3,(H,30,32). The smallest absolute Gasteiger partial charge is 0.248 e. The molecule has 2 N–H and O–H groups in total. The average Bonchev–Trinajstić information content (AvgIpc) is 3.44. The van der Waals surface area contributed by atoms with Crippen LogP contribution in [-0.4, -0.2) is 17.6 Å². The van der Waals surface area contributed by atoms with Crippen molar-refractivity contribution >= 4 is 28.8 Å². The predicted octanol–water partition coefficient (Wildman–Crippen LogP) is 6.56. The van der Waals surface area contributed by atoms with Crippen LogP contribution in [0.3, 0.4) is 0 Å². The molecule has 176 valence electrons. The first-order chi connectivity index (χ1) is 16.3. The van der Waals surface area contributed by atoms with E-state index < -0.39 is 0 Å². The molecule has 1 aliphatic rings. The van der Waals surface area contributed by atoms with Crippen molar-refractivity contribution in [1.82, 2.24) is 5.32 Å². The van der Waals surface area contributed by atoms with E-state index in [1.165, 1.54) is 0 Å². The van der Waals surface area contributed by atoms with E-state index in [-0.39, 0.29) is 18.2 Å². The van der Waals surface area contributed by atoms with Gasteiger partial charge in [0.25, 0.3) is 0 Å². The van der Waals surface area contributed by atoms with Crippen molar-refractivity contribution in [1.29, 1.82) is 0 Å². The number of hydrogen-bond acceptors (Lipinski definition) is 4. The van der Waals surface area contributed by atoms with Crippen LogP contribution in [-0.2, 0) is 17.8 Å². The van der Waals surface area contributed by atoms with Gasteiger partial charge in [0.2, 0.25) is 5.91 Å². The van der Waals surface area contributed by atoms with Crippen molar-refractivity contribution in [2.24, 2.45) is 0 Å². The second-order valence-electron chi connectivity index (χ2n) is 8.51. The molecule has 0 atom stereocenters. The molecule has 0 saturated heterocycles. The number of allylic oxidation sites excluding steroid dienone is 1. The zero-order valence-corrected chi connectivity index (χ0v) is 20.2. The lowest BCUT2D eigenvalue weighted by molar-refractivity contribution is -0.117. The Kier molecular flexibility index (Phi) is 7.13. The third-order valence-corrected chi connectivity index (χ3v) is 6.56. The number of benzene rings is 2. The largest absolute Gasteiger partial charge is 0.505 e. The summed E-state index contributed by atoms with van der Waals surface area (Å²) < 4.78 is 11.5. The topological polar surface area (TPSA) is 71.7 Å². The number of aryl methyl sites for hydroxylation is 2. The molecule has 0 fully saturated rings. The number of rotatable bonds is 9. The molecule has 2 aromatic carbocycles. The molecule has 3 aromatic rings. The molecule has 0 aliphatic heterocycles. The van der Waals surface area contributed by atoms with Gasteiger partial charge in [-0.2, -0.15) is 0 Å². The van der Waals surface area contributed by atoms with Crippen molar-refractivity contribution in [3.05, 3.63) is 99.5 Å². The van der Waals surface area contributed by atoms with Gasteiger partial charge >= 0.3 is 0 Å². The fraction of sp³-hybridized carbons (Fsp3) is 0.250. The lowest BCUT2D eigenvalue weighted by Gasteiger charge is -2.12. The first-order valence-electron chi connectivity index (χ1n) is 11.3. The summed E-state index contributed by atoms with van der Waals surface area (Å²) in [6.45, 7) is 8.16. The normalized spacial score (nSPS) is 12.6. The Morgan fingerprint density at radius 3 is 2.62 bits per heavy atom. The van der Waals surface area contributed by atoms with Crippen molar-refractivity contribution < 1.29 is 19.1 Å². The van der Waals surface area contributed by atoms with Crippen molar-refractivity contribution in [2.75, 3.05) is 6.61 Å². The SMILES string of the molecule is C=C(O)c1ccc(CNC(=O)C2=C(CCCOc3cc(C)c(Cl)c(C)c3)c3ccccc3C2)o1. The molecule has 0 bridgehead atoms. The molecular weight excluding hydrogens is 450 g/mol. The summed E-state index contributed by atoms with van der Waals surface area (Å²) in [6.07, 6.45) is 2.12. The maximum atomic E-state index is 13.1. The van der Waals surface area contributed by atoms with E-state index in [2.05, 4.69) is 24.0 Å². The van der Waals surface area contributed by atoms with Crippen molar-refractivity contribution in [2.45, 2.75) is 39.7 Å². The third-order valence-electron chi connectivity index (χ3n) is 5.97. The maximum absolute atomic E-state index is 13.1. The average molecular weight is 478 g/mol. The maximum Gasteiger partial charge on any atom is 0.248 e. The Bertz CT molecular complexity index is 1250. The van der Waals surface area contributed by atoms with Crippen LogP contribution in [0.2, 0.25) is 5.02 Å². The summed E-state index contributed by atoms with van der Waals surface area (Å²) >= 11 is 6.25. The number of furan rings is 1. The molecule has 5 nitrogen and oxygen atoms in total. The molecule has 4 rings (SSSR count). The van der Waals surface area contributed by atoms with Gasteiger partial charge in [-0.3, -0.25) is 4.79 Å². The minimum Gasteiger partial charge on any atom is -0.505 e. The van der Waals surface area contributed by atoms with Crippen LogP contribution in [0, 0.1) is 13.8 Å². The number of halogens is 1. The molecule has 1 amide bonds. The van der Waals surface area contributed by atoms with Crippen LogP contribution < -0.4 is 10.1 Å². The highest BCUT2D eigenvalue weighted by molar-refractivity contribution is 6.32. The number of carbonyl (C=O) groups excluding carboxylic acids is 1. The van der Waals surface area contributed by atoms with Crippen LogP contribution in [0.1, 0.15) is 46.6 Å². The van der Waals surface area contributed by atoms with E-state index in [0.717, 1.165) is 57.0 Å². The Hall–Kier alpha value is -3.44. The van der Waals surface area contributed by atoms with Gasteiger partial charge in [-0.05, 0) is 78.8 Å². The second-order valence-corrected chi connectivity index (χ2v) is 8.89. The minimum atomic E-state index is -0.139. The molecule has 0 radical (unpaired) electrons. The minimum absolute atomic E-state index is 0.114. The summed E-state index contributed by atoms with van der Waals surface area (Å²) in [5.74, 6) is 1.40. The van der Waals surface area contributed by atoms with Gasteiger partial charge in [0.15, 0.2) is 11.5 Å². The number of aliphatic hydroxyl groups is 1. The lowest BCUT2D eigenvalue weighted by Crippen LogP contribution is -2.25. The molecular formula is C28H28ClNO4. The van der Waals surface area contributed by atoms with E-state index in [1.807, 2.05) is 38.1 Å². The number of aliphatic hydroxyl groups excluding tert-OH is 1. The molecule has 1 heterocycles. The highest BCUT2D eigenvalue weighted by Gasteiger charge is 2.25. The van der Waals surface area contributed by atoms with Crippen LogP contribution in [0.5, 0.6) is 5.75 Å². The van der Waals surface area contributed by atoms with Crippen LogP contribution >= 0.6 is 11.6 Å². The van der Waals surface area contributed by atoms with Gasteiger partial charge in [0.1, 0.15) is 11.5 Å². The lowest BCUT2D eigenvalue weighted by atomic mass is 10.0. The molecule has 0 saturated carbocycles. The van der Waals surface area contributed by atoms with Gasteiger partial charge in [-0.25, -0.2) is 0 Å². The first-order valence-corrected chi connectivity index (χ1v) is 11.7. The highest BCUT2D eigenvalue weighted by atomic mass is 35.5. The molecule has 1 aromatic heterocycles.